The Labute approximate surface area is 212 Å². The SMILES string of the molecule is CN(C)C1CCN(C(=O)C2CCN(c3c(F)cncc3NC(=O)c3c(N)nn4cc(F)cnc34)CC2)C1. The summed E-state index contributed by atoms with van der Waals surface area (Å²) in [6.45, 7) is 2.39. The number of nitrogens with zero attached hydrogens (tertiary/aromatic N) is 7. The molecule has 2 saturated heterocycles. The van der Waals surface area contributed by atoms with Crippen LogP contribution in [-0.4, -0.2) is 87.5 Å². The van der Waals surface area contributed by atoms with Crippen LogP contribution >= 0.6 is 0 Å². The molecule has 1 unspecified atom stereocenters. The van der Waals surface area contributed by atoms with Gasteiger partial charge in [0.1, 0.15) is 11.3 Å². The maximum atomic E-state index is 15.0. The van der Waals surface area contributed by atoms with E-state index in [-0.39, 0.29) is 40.2 Å². The number of nitrogen functional groups attached to an aromatic ring is 1. The van der Waals surface area contributed by atoms with Crippen LogP contribution in [0.4, 0.5) is 26.0 Å². The van der Waals surface area contributed by atoms with E-state index in [0.717, 1.165) is 42.6 Å². The fraction of sp³-hybridized carbons (Fsp3) is 0.458. The number of amides is 2. The molecule has 2 aliphatic rings. The van der Waals surface area contributed by atoms with Crippen molar-refractivity contribution in [2.45, 2.75) is 25.3 Å². The molecule has 0 aromatic carbocycles. The van der Waals surface area contributed by atoms with Crippen molar-refractivity contribution in [2.75, 3.05) is 56.2 Å². The lowest BCUT2D eigenvalue weighted by molar-refractivity contribution is -0.135. The summed E-state index contributed by atoms with van der Waals surface area (Å²) in [6.07, 6.45) is 6.57. The minimum Gasteiger partial charge on any atom is -0.381 e. The zero-order chi connectivity index (χ0) is 26.3. The number of anilines is 3. The van der Waals surface area contributed by atoms with Crippen LogP contribution in [0.3, 0.4) is 0 Å². The molecule has 1 atom stereocenters. The van der Waals surface area contributed by atoms with E-state index >= 15 is 0 Å². The summed E-state index contributed by atoms with van der Waals surface area (Å²) in [4.78, 5) is 39.9. The van der Waals surface area contributed by atoms with Crippen LogP contribution in [0, 0.1) is 17.6 Å². The molecule has 0 radical (unpaired) electrons. The van der Waals surface area contributed by atoms with Gasteiger partial charge in [-0.05, 0) is 33.4 Å². The lowest BCUT2D eigenvalue weighted by Gasteiger charge is -2.35. The molecule has 196 valence electrons. The van der Waals surface area contributed by atoms with E-state index in [2.05, 4.69) is 25.3 Å². The monoisotopic (exact) mass is 513 g/mol. The highest BCUT2D eigenvalue weighted by Gasteiger charge is 2.34. The lowest BCUT2D eigenvalue weighted by Crippen LogP contribution is -2.43. The van der Waals surface area contributed by atoms with Gasteiger partial charge in [-0.25, -0.2) is 18.3 Å². The molecule has 2 amide bonds. The van der Waals surface area contributed by atoms with Gasteiger partial charge >= 0.3 is 0 Å². The Morgan fingerprint density at radius 3 is 2.57 bits per heavy atom. The van der Waals surface area contributed by atoms with Crippen molar-refractivity contribution in [3.05, 3.63) is 42.0 Å². The Morgan fingerprint density at radius 2 is 1.86 bits per heavy atom. The summed E-state index contributed by atoms with van der Waals surface area (Å²) in [7, 11) is 4.05. The van der Waals surface area contributed by atoms with Crippen molar-refractivity contribution in [1.82, 2.24) is 29.4 Å². The minimum absolute atomic E-state index is 0.0545. The molecule has 5 rings (SSSR count). The number of rotatable bonds is 5. The molecular formula is C24H29F2N9O2. The number of aromatic nitrogens is 4. The smallest absolute Gasteiger partial charge is 0.263 e. The van der Waals surface area contributed by atoms with Crippen molar-refractivity contribution in [3.8, 4) is 0 Å². The molecule has 5 heterocycles. The summed E-state index contributed by atoms with van der Waals surface area (Å²) < 4.78 is 29.6. The first kappa shape index (κ1) is 24.8. The van der Waals surface area contributed by atoms with Crippen molar-refractivity contribution < 1.29 is 18.4 Å². The minimum atomic E-state index is -0.671. The fourth-order valence-electron chi connectivity index (χ4n) is 5.14. The third-order valence-corrected chi connectivity index (χ3v) is 7.18. The van der Waals surface area contributed by atoms with E-state index in [1.807, 2.05) is 23.9 Å². The van der Waals surface area contributed by atoms with Crippen LogP contribution in [0.1, 0.15) is 29.6 Å². The van der Waals surface area contributed by atoms with Gasteiger partial charge in [0.15, 0.2) is 23.1 Å². The van der Waals surface area contributed by atoms with E-state index in [1.165, 1.54) is 6.20 Å². The van der Waals surface area contributed by atoms with Gasteiger partial charge in [0.25, 0.3) is 5.91 Å². The standard InChI is InChI=1S/C24H29F2N9O2/c1-32(2)16-5-8-34(13-16)24(37)14-3-6-33(7-4-14)20-17(26)10-28-11-18(20)30-23(36)19-21(27)31-35-12-15(25)9-29-22(19)35/h9-12,14,16H,3-8,13H2,1-2H3,(H2,27,31)(H,30,36). The molecule has 0 saturated carbocycles. The van der Waals surface area contributed by atoms with Gasteiger partial charge in [-0.1, -0.05) is 0 Å². The molecule has 13 heteroatoms. The molecule has 3 N–H and O–H groups in total. The van der Waals surface area contributed by atoms with Crippen molar-refractivity contribution in [1.29, 1.82) is 0 Å². The first-order valence-electron chi connectivity index (χ1n) is 12.2. The number of carbonyl (C=O) groups excluding carboxylic acids is 2. The maximum Gasteiger partial charge on any atom is 0.263 e. The second kappa shape index (κ2) is 9.88. The summed E-state index contributed by atoms with van der Waals surface area (Å²) in [6, 6.07) is 0.373. The largest absolute Gasteiger partial charge is 0.381 e. The normalized spacial score (nSPS) is 18.7. The second-order valence-corrected chi connectivity index (χ2v) is 9.72. The lowest BCUT2D eigenvalue weighted by atomic mass is 9.95. The molecule has 3 aromatic heterocycles. The number of hydrogen-bond acceptors (Lipinski definition) is 8. The zero-order valence-electron chi connectivity index (χ0n) is 20.7. The molecule has 3 aromatic rings. The Kier molecular flexibility index (Phi) is 6.63. The van der Waals surface area contributed by atoms with Crippen LogP contribution in [0.2, 0.25) is 0 Å². The number of nitrogens with one attached hydrogen (secondary N) is 1. The highest BCUT2D eigenvalue weighted by molar-refractivity contribution is 6.12. The number of likely N-dealkylation sites (tertiary alicyclic amines) is 1. The average Bonchev–Trinajstić information content (AvgIpc) is 3.48. The van der Waals surface area contributed by atoms with E-state index in [1.54, 1.807) is 0 Å². The number of fused-ring (bicyclic) bond motifs is 1. The summed E-state index contributed by atoms with van der Waals surface area (Å²) >= 11 is 0. The fourth-order valence-corrected chi connectivity index (χ4v) is 5.14. The van der Waals surface area contributed by atoms with E-state index < -0.39 is 17.5 Å². The van der Waals surface area contributed by atoms with Gasteiger partial charge in [-0.2, -0.15) is 0 Å². The van der Waals surface area contributed by atoms with Gasteiger partial charge in [0.05, 0.1) is 30.5 Å². The highest BCUT2D eigenvalue weighted by Crippen LogP contribution is 2.33. The average molecular weight is 514 g/mol. The molecule has 0 aliphatic carbocycles. The molecule has 2 fully saturated rings. The Balaban J connectivity index is 1.30. The first-order chi connectivity index (χ1) is 17.7. The van der Waals surface area contributed by atoms with E-state index in [0.29, 0.717) is 32.0 Å². The molecule has 2 aliphatic heterocycles. The predicted molar refractivity (Wildman–Crippen MR) is 133 cm³/mol. The first-order valence-corrected chi connectivity index (χ1v) is 12.2. The van der Waals surface area contributed by atoms with Crippen molar-refractivity contribution >= 4 is 34.7 Å². The van der Waals surface area contributed by atoms with Crippen LogP contribution in [0.5, 0.6) is 0 Å². The van der Waals surface area contributed by atoms with E-state index in [4.69, 9.17) is 5.73 Å². The van der Waals surface area contributed by atoms with Crippen LogP contribution in [0.15, 0.2) is 24.8 Å². The topological polar surface area (TPSA) is 125 Å². The number of likely N-dealkylation sites (N-methyl/N-ethyl adjacent to an activating group) is 1. The number of piperidine rings is 1. The Hall–Kier alpha value is -3.87. The quantitative estimate of drug-likeness (QED) is 0.527. The number of carbonyl (C=O) groups is 2. The predicted octanol–water partition coefficient (Wildman–Crippen LogP) is 1.62. The van der Waals surface area contributed by atoms with Gasteiger partial charge in [0, 0.05) is 38.1 Å². The zero-order valence-corrected chi connectivity index (χ0v) is 20.7. The third kappa shape index (κ3) is 4.78. The van der Waals surface area contributed by atoms with Gasteiger partial charge in [-0.15, -0.1) is 5.10 Å². The number of halogens is 2. The molecule has 0 bridgehead atoms. The maximum absolute atomic E-state index is 15.0. The Morgan fingerprint density at radius 1 is 1.11 bits per heavy atom. The molecule has 11 nitrogen and oxygen atoms in total. The van der Waals surface area contributed by atoms with Crippen LogP contribution in [0.25, 0.3) is 5.65 Å². The summed E-state index contributed by atoms with van der Waals surface area (Å²) in [5.74, 6) is -2.01. The molecular weight excluding hydrogens is 484 g/mol. The van der Waals surface area contributed by atoms with Gasteiger partial charge in [0.2, 0.25) is 5.91 Å². The van der Waals surface area contributed by atoms with E-state index in [9.17, 15) is 18.4 Å². The van der Waals surface area contributed by atoms with Gasteiger partial charge in [-0.3, -0.25) is 14.6 Å². The van der Waals surface area contributed by atoms with Crippen molar-refractivity contribution in [3.63, 3.8) is 0 Å². The van der Waals surface area contributed by atoms with Gasteiger partial charge < -0.3 is 25.8 Å². The number of pyridine rings is 1. The molecule has 0 spiro atoms. The Bertz CT molecular complexity index is 1340. The van der Waals surface area contributed by atoms with Crippen LogP contribution in [-0.2, 0) is 4.79 Å². The third-order valence-electron chi connectivity index (χ3n) is 7.18. The number of nitrogens with two attached hydrogens (primary N) is 1. The summed E-state index contributed by atoms with van der Waals surface area (Å²) in [5, 5.41) is 6.59. The summed E-state index contributed by atoms with van der Waals surface area (Å²) in [5.41, 5.74) is 6.26. The number of hydrogen-bond donors (Lipinski definition) is 2. The van der Waals surface area contributed by atoms with Crippen LogP contribution < -0.4 is 16.0 Å². The highest BCUT2D eigenvalue weighted by atomic mass is 19.1. The van der Waals surface area contributed by atoms with Crippen molar-refractivity contribution in [2.24, 2.45) is 5.92 Å². The molecule has 37 heavy (non-hydrogen) atoms. The second-order valence-electron chi connectivity index (χ2n) is 9.72.